The van der Waals surface area contributed by atoms with Crippen LogP contribution in [0.1, 0.15) is 28.7 Å². The normalized spacial score (nSPS) is 17.1. The molecule has 0 bridgehead atoms. The third-order valence-electron chi connectivity index (χ3n) is 5.54. The van der Waals surface area contributed by atoms with Gasteiger partial charge in [0.05, 0.1) is 6.61 Å². The summed E-state index contributed by atoms with van der Waals surface area (Å²) in [5.41, 5.74) is 4.57. The van der Waals surface area contributed by atoms with Gasteiger partial charge in [0.15, 0.2) is 11.5 Å². The van der Waals surface area contributed by atoms with E-state index in [1.807, 2.05) is 17.0 Å². The number of carbonyl (C=O) groups excluding carboxylic acids is 1. The Morgan fingerprint density at radius 1 is 1.24 bits per heavy atom. The van der Waals surface area contributed by atoms with Crippen LogP contribution in [0.2, 0.25) is 0 Å². The Morgan fingerprint density at radius 3 is 2.83 bits per heavy atom. The van der Waals surface area contributed by atoms with Crippen LogP contribution in [0.5, 0.6) is 0 Å². The number of amides is 1. The average Bonchev–Trinajstić information content (AvgIpc) is 3.14. The highest BCUT2D eigenvalue weighted by Gasteiger charge is 2.29. The highest BCUT2D eigenvalue weighted by Crippen LogP contribution is 2.25. The van der Waals surface area contributed by atoms with Crippen LogP contribution in [0, 0.1) is 6.92 Å². The third-order valence-corrected chi connectivity index (χ3v) is 5.54. The molecule has 0 aliphatic carbocycles. The van der Waals surface area contributed by atoms with Crippen molar-refractivity contribution in [3.8, 4) is 0 Å². The Balaban J connectivity index is 1.49. The van der Waals surface area contributed by atoms with Crippen LogP contribution in [0.3, 0.4) is 0 Å². The first-order valence-corrected chi connectivity index (χ1v) is 10.1. The number of nitrogens with zero attached hydrogens (tertiary/aromatic N) is 3. The average molecular weight is 393 g/mol. The highest BCUT2D eigenvalue weighted by molar-refractivity contribution is 5.97. The number of para-hydroxylation sites is 1. The lowest BCUT2D eigenvalue weighted by Crippen LogP contribution is -2.54. The summed E-state index contributed by atoms with van der Waals surface area (Å²) in [6.45, 7) is 7.14. The molecule has 1 fully saturated rings. The smallest absolute Gasteiger partial charge is 0.254 e. The summed E-state index contributed by atoms with van der Waals surface area (Å²) in [7, 11) is 1.65. The molecular formula is C23H27N3O3. The number of aryl methyl sites for hydroxylation is 1. The number of fused-ring (bicyclic) bond motifs is 1. The SMILES string of the molecule is COCCc1nc2ccc(C(=O)N3CCN(c4ccccc4C)CC3C)cc2o1. The largest absolute Gasteiger partial charge is 0.441 e. The summed E-state index contributed by atoms with van der Waals surface area (Å²) in [4.78, 5) is 21.9. The molecule has 6 heteroatoms. The van der Waals surface area contributed by atoms with E-state index in [0.717, 1.165) is 18.6 Å². The van der Waals surface area contributed by atoms with E-state index in [1.165, 1.54) is 11.3 Å². The van der Waals surface area contributed by atoms with Crippen molar-refractivity contribution < 1.29 is 13.9 Å². The van der Waals surface area contributed by atoms with Crippen LogP contribution in [-0.2, 0) is 11.2 Å². The molecule has 1 aliphatic heterocycles. The molecule has 1 amide bonds. The van der Waals surface area contributed by atoms with Gasteiger partial charge in [-0.2, -0.15) is 0 Å². The second-order valence-corrected chi connectivity index (χ2v) is 7.61. The number of anilines is 1. The fraction of sp³-hybridized carbons (Fsp3) is 0.391. The van der Waals surface area contributed by atoms with E-state index < -0.39 is 0 Å². The molecule has 0 saturated carbocycles. The summed E-state index contributed by atoms with van der Waals surface area (Å²) in [5.74, 6) is 0.672. The number of rotatable bonds is 5. The molecule has 2 aromatic carbocycles. The van der Waals surface area contributed by atoms with Gasteiger partial charge in [0.25, 0.3) is 5.91 Å². The van der Waals surface area contributed by atoms with Gasteiger partial charge in [-0.05, 0) is 43.7 Å². The van der Waals surface area contributed by atoms with Gasteiger partial charge >= 0.3 is 0 Å². The van der Waals surface area contributed by atoms with Crippen molar-refractivity contribution in [2.45, 2.75) is 26.3 Å². The third kappa shape index (κ3) is 3.98. The molecule has 6 nitrogen and oxygen atoms in total. The fourth-order valence-corrected chi connectivity index (χ4v) is 3.96. The van der Waals surface area contributed by atoms with Gasteiger partial charge in [-0.15, -0.1) is 0 Å². The van der Waals surface area contributed by atoms with E-state index in [9.17, 15) is 4.79 Å². The predicted octanol–water partition coefficient (Wildman–Crippen LogP) is 3.68. The molecule has 0 radical (unpaired) electrons. The summed E-state index contributed by atoms with van der Waals surface area (Å²) in [6.07, 6.45) is 0.617. The van der Waals surface area contributed by atoms with E-state index in [2.05, 4.69) is 48.0 Å². The molecule has 1 aliphatic rings. The number of oxazole rings is 1. The van der Waals surface area contributed by atoms with Crippen molar-refractivity contribution in [2.24, 2.45) is 0 Å². The van der Waals surface area contributed by atoms with E-state index in [1.54, 1.807) is 13.2 Å². The van der Waals surface area contributed by atoms with Crippen LogP contribution in [0.15, 0.2) is 46.9 Å². The number of piperazine rings is 1. The maximum absolute atomic E-state index is 13.2. The van der Waals surface area contributed by atoms with Gasteiger partial charge in [0.2, 0.25) is 0 Å². The van der Waals surface area contributed by atoms with Crippen LogP contribution >= 0.6 is 0 Å². The Morgan fingerprint density at radius 2 is 2.07 bits per heavy atom. The number of ether oxygens (including phenoxy) is 1. The lowest BCUT2D eigenvalue weighted by molar-refractivity contribution is 0.0674. The first-order chi connectivity index (χ1) is 14.1. The molecule has 4 rings (SSSR count). The Labute approximate surface area is 171 Å². The number of hydrogen-bond donors (Lipinski definition) is 0. The van der Waals surface area contributed by atoms with E-state index in [4.69, 9.17) is 9.15 Å². The highest BCUT2D eigenvalue weighted by atomic mass is 16.5. The molecule has 0 N–H and O–H groups in total. The number of methoxy groups -OCH3 is 1. The van der Waals surface area contributed by atoms with Gasteiger partial charge in [-0.3, -0.25) is 4.79 Å². The second-order valence-electron chi connectivity index (χ2n) is 7.61. The number of benzene rings is 2. The van der Waals surface area contributed by atoms with Gasteiger partial charge < -0.3 is 19.0 Å². The zero-order chi connectivity index (χ0) is 20.4. The van der Waals surface area contributed by atoms with Crippen LogP contribution in [0.25, 0.3) is 11.1 Å². The van der Waals surface area contributed by atoms with Gasteiger partial charge in [0.1, 0.15) is 5.52 Å². The molecular weight excluding hydrogens is 366 g/mol. The number of aromatic nitrogens is 1. The summed E-state index contributed by atoms with van der Waals surface area (Å²) in [6, 6.07) is 14.0. The topological polar surface area (TPSA) is 58.8 Å². The van der Waals surface area contributed by atoms with Crippen molar-refractivity contribution in [1.29, 1.82) is 0 Å². The van der Waals surface area contributed by atoms with E-state index in [-0.39, 0.29) is 11.9 Å². The van der Waals surface area contributed by atoms with Gasteiger partial charge in [0, 0.05) is 50.5 Å². The summed E-state index contributed by atoms with van der Waals surface area (Å²) < 4.78 is 10.9. The van der Waals surface area contributed by atoms with Gasteiger partial charge in [-0.1, -0.05) is 18.2 Å². The maximum atomic E-state index is 13.2. The lowest BCUT2D eigenvalue weighted by atomic mass is 10.1. The number of hydrogen-bond acceptors (Lipinski definition) is 5. The molecule has 1 atom stereocenters. The molecule has 1 saturated heterocycles. The minimum absolute atomic E-state index is 0.0404. The first kappa shape index (κ1) is 19.5. The monoisotopic (exact) mass is 393 g/mol. The van der Waals surface area contributed by atoms with Gasteiger partial charge in [-0.25, -0.2) is 4.98 Å². The molecule has 1 aromatic heterocycles. The second kappa shape index (κ2) is 8.25. The Kier molecular flexibility index (Phi) is 5.53. The molecule has 0 spiro atoms. The number of carbonyl (C=O) groups is 1. The fourth-order valence-electron chi connectivity index (χ4n) is 3.96. The zero-order valence-electron chi connectivity index (χ0n) is 17.2. The molecule has 152 valence electrons. The maximum Gasteiger partial charge on any atom is 0.254 e. The van der Waals surface area contributed by atoms with Crippen molar-refractivity contribution in [1.82, 2.24) is 9.88 Å². The Hall–Kier alpha value is -2.86. The molecule has 3 aromatic rings. The van der Waals surface area contributed by atoms with E-state index in [0.29, 0.717) is 36.6 Å². The molecule has 2 heterocycles. The predicted molar refractivity (Wildman–Crippen MR) is 113 cm³/mol. The summed E-state index contributed by atoms with van der Waals surface area (Å²) >= 11 is 0. The van der Waals surface area contributed by atoms with Crippen molar-refractivity contribution in [3.63, 3.8) is 0 Å². The molecule has 29 heavy (non-hydrogen) atoms. The van der Waals surface area contributed by atoms with Crippen LogP contribution in [0.4, 0.5) is 5.69 Å². The Bertz CT molecular complexity index is 1010. The zero-order valence-corrected chi connectivity index (χ0v) is 17.2. The minimum Gasteiger partial charge on any atom is -0.441 e. The standard InChI is InChI=1S/C23H27N3O3/c1-16-6-4-5-7-20(16)25-11-12-26(17(2)15-25)23(27)18-8-9-19-21(14-18)29-22(24-19)10-13-28-3/h4-9,14,17H,10-13,15H2,1-3H3. The first-order valence-electron chi connectivity index (χ1n) is 10.1. The lowest BCUT2D eigenvalue weighted by Gasteiger charge is -2.41. The van der Waals surface area contributed by atoms with Crippen LogP contribution < -0.4 is 4.90 Å². The summed E-state index contributed by atoms with van der Waals surface area (Å²) in [5, 5.41) is 0. The van der Waals surface area contributed by atoms with Crippen molar-refractivity contribution >= 4 is 22.7 Å². The van der Waals surface area contributed by atoms with E-state index >= 15 is 0 Å². The van der Waals surface area contributed by atoms with Crippen molar-refractivity contribution in [3.05, 3.63) is 59.5 Å². The van der Waals surface area contributed by atoms with Crippen molar-refractivity contribution in [2.75, 3.05) is 38.3 Å². The van der Waals surface area contributed by atoms with Crippen LogP contribution in [-0.4, -0.2) is 55.2 Å². The molecule has 1 unspecified atom stereocenters. The minimum atomic E-state index is 0.0404. The quantitative estimate of drug-likeness (QED) is 0.662.